The van der Waals surface area contributed by atoms with E-state index in [1.807, 2.05) is 0 Å². The van der Waals surface area contributed by atoms with Gasteiger partial charge in [0.2, 0.25) is 0 Å². The lowest BCUT2D eigenvalue weighted by atomic mass is 9.82. The van der Waals surface area contributed by atoms with Crippen LogP contribution in [0.25, 0.3) is 0 Å². The summed E-state index contributed by atoms with van der Waals surface area (Å²) in [6.45, 7) is 1.38. The van der Waals surface area contributed by atoms with E-state index in [9.17, 15) is 10.2 Å². The highest BCUT2D eigenvalue weighted by Gasteiger charge is 2.26. The number of ether oxygens (including phenoxy) is 1. The quantitative estimate of drug-likeness (QED) is 0.766. The van der Waals surface area contributed by atoms with E-state index >= 15 is 0 Å². The third-order valence-electron chi connectivity index (χ3n) is 3.30. The molecule has 0 unspecified atom stereocenters. The number of aromatic hydroxyl groups is 1. The SMILES string of the molecule is COc1cc(Cl)cc(CNCC2CC(O)C2)c1O. The molecule has 1 fully saturated rings. The van der Waals surface area contributed by atoms with E-state index in [1.165, 1.54) is 7.11 Å². The molecule has 0 spiro atoms. The van der Waals surface area contributed by atoms with Gasteiger partial charge >= 0.3 is 0 Å². The van der Waals surface area contributed by atoms with Crippen LogP contribution in [-0.4, -0.2) is 30.0 Å². The number of hydrogen-bond acceptors (Lipinski definition) is 4. The summed E-state index contributed by atoms with van der Waals surface area (Å²) in [4.78, 5) is 0. The number of rotatable bonds is 5. The number of hydrogen-bond donors (Lipinski definition) is 3. The molecule has 5 heteroatoms. The van der Waals surface area contributed by atoms with Gasteiger partial charge in [0.05, 0.1) is 13.2 Å². The first-order valence-corrected chi connectivity index (χ1v) is 6.42. The minimum absolute atomic E-state index is 0.128. The van der Waals surface area contributed by atoms with Crippen molar-refractivity contribution in [1.29, 1.82) is 0 Å². The highest BCUT2D eigenvalue weighted by atomic mass is 35.5. The van der Waals surface area contributed by atoms with Gasteiger partial charge in [0, 0.05) is 23.2 Å². The molecule has 1 aromatic rings. The van der Waals surface area contributed by atoms with E-state index in [4.69, 9.17) is 16.3 Å². The Labute approximate surface area is 112 Å². The number of halogens is 1. The lowest BCUT2D eigenvalue weighted by molar-refractivity contribution is 0.0429. The van der Waals surface area contributed by atoms with Crippen molar-refractivity contribution in [2.24, 2.45) is 5.92 Å². The zero-order valence-electron chi connectivity index (χ0n) is 10.3. The molecule has 0 aliphatic heterocycles. The Morgan fingerprint density at radius 2 is 2.17 bits per heavy atom. The van der Waals surface area contributed by atoms with E-state index in [0.29, 0.717) is 23.2 Å². The van der Waals surface area contributed by atoms with E-state index in [1.54, 1.807) is 12.1 Å². The number of aliphatic hydroxyl groups excluding tert-OH is 1. The van der Waals surface area contributed by atoms with Gasteiger partial charge in [0.1, 0.15) is 0 Å². The smallest absolute Gasteiger partial charge is 0.162 e. The van der Waals surface area contributed by atoms with Crippen molar-refractivity contribution in [1.82, 2.24) is 5.32 Å². The second-order valence-corrected chi connectivity index (χ2v) is 5.17. The molecule has 0 amide bonds. The highest BCUT2D eigenvalue weighted by Crippen LogP contribution is 2.33. The van der Waals surface area contributed by atoms with Gasteiger partial charge in [-0.25, -0.2) is 0 Å². The third kappa shape index (κ3) is 3.07. The summed E-state index contributed by atoms with van der Waals surface area (Å²) in [5.74, 6) is 1.05. The van der Waals surface area contributed by atoms with Gasteiger partial charge in [-0.1, -0.05) is 11.6 Å². The molecule has 1 saturated carbocycles. The van der Waals surface area contributed by atoms with Crippen molar-refractivity contribution in [2.45, 2.75) is 25.5 Å². The molecule has 1 aliphatic rings. The van der Waals surface area contributed by atoms with Gasteiger partial charge in [0.15, 0.2) is 11.5 Å². The van der Waals surface area contributed by atoms with Crippen LogP contribution in [0.1, 0.15) is 18.4 Å². The Balaban J connectivity index is 1.90. The molecule has 3 N–H and O–H groups in total. The lowest BCUT2D eigenvalue weighted by Gasteiger charge is -2.31. The van der Waals surface area contributed by atoms with Crippen molar-refractivity contribution in [3.05, 3.63) is 22.7 Å². The molecular weight excluding hydrogens is 254 g/mol. The molecule has 100 valence electrons. The summed E-state index contributed by atoms with van der Waals surface area (Å²) in [7, 11) is 1.50. The van der Waals surface area contributed by atoms with Gasteiger partial charge in [-0.15, -0.1) is 0 Å². The van der Waals surface area contributed by atoms with Gasteiger partial charge in [0.25, 0.3) is 0 Å². The molecule has 0 heterocycles. The molecule has 0 radical (unpaired) electrons. The summed E-state index contributed by atoms with van der Waals surface area (Å²) in [6, 6.07) is 3.31. The van der Waals surface area contributed by atoms with Crippen molar-refractivity contribution in [3.8, 4) is 11.5 Å². The molecule has 4 nitrogen and oxygen atoms in total. The number of nitrogens with one attached hydrogen (secondary N) is 1. The molecule has 2 rings (SSSR count). The second kappa shape index (κ2) is 5.78. The van der Waals surface area contributed by atoms with Crippen molar-refractivity contribution < 1.29 is 14.9 Å². The Kier molecular flexibility index (Phi) is 4.32. The minimum Gasteiger partial charge on any atom is -0.504 e. The van der Waals surface area contributed by atoms with Crippen LogP contribution in [-0.2, 0) is 6.54 Å². The Hall–Kier alpha value is -0.970. The predicted molar refractivity (Wildman–Crippen MR) is 70.1 cm³/mol. The maximum Gasteiger partial charge on any atom is 0.162 e. The Morgan fingerprint density at radius 3 is 2.78 bits per heavy atom. The van der Waals surface area contributed by atoms with Gasteiger partial charge < -0.3 is 20.3 Å². The van der Waals surface area contributed by atoms with Gasteiger partial charge in [-0.3, -0.25) is 0 Å². The van der Waals surface area contributed by atoms with Crippen LogP contribution in [0.3, 0.4) is 0 Å². The molecule has 1 aromatic carbocycles. The maximum atomic E-state index is 9.93. The molecule has 18 heavy (non-hydrogen) atoms. The van der Waals surface area contributed by atoms with Crippen LogP contribution in [0.2, 0.25) is 5.02 Å². The summed E-state index contributed by atoms with van der Waals surface area (Å²) in [5, 5.41) is 22.9. The van der Waals surface area contributed by atoms with Crippen LogP contribution in [0, 0.1) is 5.92 Å². The Bertz CT molecular complexity index is 419. The van der Waals surface area contributed by atoms with E-state index < -0.39 is 0 Å². The zero-order valence-corrected chi connectivity index (χ0v) is 11.1. The van der Waals surface area contributed by atoms with Gasteiger partial charge in [-0.05, 0) is 31.4 Å². The van der Waals surface area contributed by atoms with Crippen molar-refractivity contribution in [2.75, 3.05) is 13.7 Å². The summed E-state index contributed by atoms with van der Waals surface area (Å²) in [6.07, 6.45) is 1.59. The highest BCUT2D eigenvalue weighted by molar-refractivity contribution is 6.30. The van der Waals surface area contributed by atoms with E-state index in [2.05, 4.69) is 5.32 Å². The zero-order chi connectivity index (χ0) is 13.1. The minimum atomic E-state index is -0.128. The topological polar surface area (TPSA) is 61.7 Å². The standard InChI is InChI=1S/C13H18ClNO3/c1-18-12-5-10(14)4-9(13(12)17)7-15-6-8-2-11(16)3-8/h4-5,8,11,15-17H,2-3,6-7H2,1H3. The predicted octanol–water partition coefficient (Wildman–Crippen LogP) is 1.91. The molecule has 1 aliphatic carbocycles. The largest absolute Gasteiger partial charge is 0.504 e. The first-order valence-electron chi connectivity index (χ1n) is 6.04. The van der Waals surface area contributed by atoms with Crippen LogP contribution >= 0.6 is 11.6 Å². The second-order valence-electron chi connectivity index (χ2n) is 4.74. The van der Waals surface area contributed by atoms with E-state index in [-0.39, 0.29) is 11.9 Å². The number of aliphatic hydroxyl groups is 1. The average molecular weight is 272 g/mol. The van der Waals surface area contributed by atoms with Gasteiger partial charge in [-0.2, -0.15) is 0 Å². The van der Waals surface area contributed by atoms with Crippen LogP contribution in [0.15, 0.2) is 12.1 Å². The van der Waals surface area contributed by atoms with E-state index in [0.717, 1.165) is 24.9 Å². The summed E-state index contributed by atoms with van der Waals surface area (Å²) < 4.78 is 5.05. The number of phenolic OH excluding ortho intramolecular Hbond substituents is 1. The molecular formula is C13H18ClNO3. The van der Waals surface area contributed by atoms with Crippen LogP contribution in [0.4, 0.5) is 0 Å². The molecule has 0 aromatic heterocycles. The fourth-order valence-electron chi connectivity index (χ4n) is 2.20. The van der Waals surface area contributed by atoms with Crippen LogP contribution < -0.4 is 10.1 Å². The molecule has 0 bridgehead atoms. The number of phenols is 1. The monoisotopic (exact) mass is 271 g/mol. The first-order chi connectivity index (χ1) is 8.60. The third-order valence-corrected chi connectivity index (χ3v) is 3.52. The normalized spacial score (nSPS) is 22.6. The number of methoxy groups -OCH3 is 1. The van der Waals surface area contributed by atoms with Crippen molar-refractivity contribution in [3.63, 3.8) is 0 Å². The average Bonchev–Trinajstić information content (AvgIpc) is 2.30. The fraction of sp³-hybridized carbons (Fsp3) is 0.538. The summed E-state index contributed by atoms with van der Waals surface area (Å²) in [5.41, 5.74) is 0.722. The lowest BCUT2D eigenvalue weighted by Crippen LogP contribution is -2.35. The molecule has 0 atom stereocenters. The molecule has 0 saturated heterocycles. The first kappa shape index (κ1) is 13.5. The van der Waals surface area contributed by atoms with Crippen LogP contribution in [0.5, 0.6) is 11.5 Å². The summed E-state index contributed by atoms with van der Waals surface area (Å²) >= 11 is 5.95. The Morgan fingerprint density at radius 1 is 1.44 bits per heavy atom. The number of benzene rings is 1. The fourth-order valence-corrected chi connectivity index (χ4v) is 2.43. The maximum absolute atomic E-state index is 9.93. The van der Waals surface area contributed by atoms with Crippen molar-refractivity contribution >= 4 is 11.6 Å².